The van der Waals surface area contributed by atoms with Crippen molar-refractivity contribution in [2.24, 2.45) is 5.92 Å². The summed E-state index contributed by atoms with van der Waals surface area (Å²) >= 11 is 0. The lowest BCUT2D eigenvalue weighted by Gasteiger charge is -2.10. The van der Waals surface area contributed by atoms with Crippen molar-refractivity contribution in [2.75, 3.05) is 0 Å². The summed E-state index contributed by atoms with van der Waals surface area (Å²) in [6.07, 6.45) is 18.0. The molecule has 0 rings (SSSR count). The molecule has 0 aliphatic carbocycles. The van der Waals surface area contributed by atoms with Crippen LogP contribution in [0, 0.1) is 5.92 Å². The van der Waals surface area contributed by atoms with Crippen molar-refractivity contribution in [1.29, 1.82) is 0 Å². The molecule has 0 aliphatic heterocycles. The maximum atomic E-state index is 9.93. The smallest absolute Gasteiger partial charge is 0.0540 e. The molecule has 0 heterocycles. The molecule has 20 heavy (non-hydrogen) atoms. The highest BCUT2D eigenvalue weighted by atomic mass is 16.3. The zero-order valence-corrected chi connectivity index (χ0v) is 14.5. The largest absolute Gasteiger partial charge is 0.393 e. The van der Waals surface area contributed by atoms with Gasteiger partial charge in [-0.2, -0.15) is 0 Å². The van der Waals surface area contributed by atoms with Crippen molar-refractivity contribution in [3.8, 4) is 0 Å². The molecule has 0 aromatic heterocycles. The quantitative estimate of drug-likeness (QED) is 0.341. The summed E-state index contributed by atoms with van der Waals surface area (Å²) < 4.78 is 0. The highest BCUT2D eigenvalue weighted by Crippen LogP contribution is 2.15. The highest BCUT2D eigenvalue weighted by Gasteiger charge is 2.03. The minimum absolute atomic E-state index is 0.0317. The molecule has 0 spiro atoms. The summed E-state index contributed by atoms with van der Waals surface area (Å²) in [6, 6.07) is 0. The van der Waals surface area contributed by atoms with Gasteiger partial charge in [-0.3, -0.25) is 0 Å². The Morgan fingerprint density at radius 3 is 1.45 bits per heavy atom. The van der Waals surface area contributed by atoms with E-state index in [9.17, 15) is 5.11 Å². The second kappa shape index (κ2) is 15.4. The molecule has 0 saturated heterocycles. The van der Waals surface area contributed by atoms with Gasteiger partial charge >= 0.3 is 0 Å². The maximum Gasteiger partial charge on any atom is 0.0540 e. The summed E-state index contributed by atoms with van der Waals surface area (Å²) in [7, 11) is 0. The van der Waals surface area contributed by atoms with E-state index < -0.39 is 0 Å². The summed E-state index contributed by atoms with van der Waals surface area (Å²) in [5.74, 6) is 0.845. The van der Waals surface area contributed by atoms with Crippen LogP contribution < -0.4 is 0 Å². The zero-order valence-electron chi connectivity index (χ0n) is 14.5. The topological polar surface area (TPSA) is 20.2 Å². The van der Waals surface area contributed by atoms with E-state index in [1.54, 1.807) is 0 Å². The van der Waals surface area contributed by atoms with E-state index in [1.807, 2.05) is 0 Å². The minimum atomic E-state index is -0.0317. The van der Waals surface area contributed by atoms with E-state index in [-0.39, 0.29) is 6.10 Å². The van der Waals surface area contributed by atoms with E-state index in [0.717, 1.165) is 18.8 Å². The maximum absolute atomic E-state index is 9.93. The van der Waals surface area contributed by atoms with Gasteiger partial charge in [0.1, 0.15) is 0 Å². The lowest BCUT2D eigenvalue weighted by Crippen LogP contribution is -2.05. The predicted molar refractivity (Wildman–Crippen MR) is 91.2 cm³/mol. The summed E-state index contributed by atoms with van der Waals surface area (Å²) in [5.41, 5.74) is 0. The molecule has 0 aromatic carbocycles. The molecular weight excluding hydrogens is 244 g/mol. The molecule has 0 bridgehead atoms. The summed E-state index contributed by atoms with van der Waals surface area (Å²) in [6.45, 7) is 6.86. The van der Waals surface area contributed by atoms with Gasteiger partial charge in [0.05, 0.1) is 6.10 Å². The van der Waals surface area contributed by atoms with Crippen LogP contribution in [0.25, 0.3) is 0 Å². The fraction of sp³-hybridized carbons (Fsp3) is 1.00. The SMILES string of the molecule is CCCCCCCCCC(O)CCCCCCC(C)C. The second-order valence-electron chi connectivity index (χ2n) is 6.95. The molecule has 0 saturated carbocycles. The van der Waals surface area contributed by atoms with Gasteiger partial charge in [0, 0.05) is 0 Å². The molecule has 1 atom stereocenters. The average Bonchev–Trinajstić information content (AvgIpc) is 2.41. The monoisotopic (exact) mass is 284 g/mol. The van der Waals surface area contributed by atoms with E-state index in [2.05, 4.69) is 20.8 Å². The van der Waals surface area contributed by atoms with Gasteiger partial charge in [0.15, 0.2) is 0 Å². The summed E-state index contributed by atoms with van der Waals surface area (Å²) in [4.78, 5) is 0. The molecule has 1 N–H and O–H groups in total. The third-order valence-corrected chi connectivity index (χ3v) is 4.21. The Bertz CT molecular complexity index is 177. The number of hydrogen-bond acceptors (Lipinski definition) is 1. The molecule has 0 aliphatic rings. The van der Waals surface area contributed by atoms with Crippen molar-refractivity contribution in [1.82, 2.24) is 0 Å². The van der Waals surface area contributed by atoms with Gasteiger partial charge in [-0.15, -0.1) is 0 Å². The van der Waals surface area contributed by atoms with Gasteiger partial charge in [0.2, 0.25) is 0 Å². The normalized spacial score (nSPS) is 13.1. The van der Waals surface area contributed by atoms with Crippen LogP contribution in [0.15, 0.2) is 0 Å². The first-order chi connectivity index (χ1) is 9.66. The van der Waals surface area contributed by atoms with Crippen LogP contribution >= 0.6 is 0 Å². The van der Waals surface area contributed by atoms with Crippen molar-refractivity contribution in [3.63, 3.8) is 0 Å². The van der Waals surface area contributed by atoms with E-state index in [0.29, 0.717) is 0 Å². The standard InChI is InChI=1S/C19H40O/c1-4-5-6-7-8-9-13-16-19(20)17-14-11-10-12-15-18(2)3/h18-20H,4-17H2,1-3H3. The Morgan fingerprint density at radius 2 is 1.00 bits per heavy atom. The van der Waals surface area contributed by atoms with Crippen LogP contribution in [0.2, 0.25) is 0 Å². The fourth-order valence-corrected chi connectivity index (χ4v) is 2.77. The summed E-state index contributed by atoms with van der Waals surface area (Å²) in [5, 5.41) is 9.93. The van der Waals surface area contributed by atoms with Crippen molar-refractivity contribution in [3.05, 3.63) is 0 Å². The lowest BCUT2D eigenvalue weighted by molar-refractivity contribution is 0.147. The van der Waals surface area contributed by atoms with Gasteiger partial charge in [-0.25, -0.2) is 0 Å². The Balaban J connectivity index is 3.14. The van der Waals surface area contributed by atoms with Crippen molar-refractivity contribution in [2.45, 2.75) is 117 Å². The Hall–Kier alpha value is -0.0400. The molecule has 0 radical (unpaired) electrons. The molecule has 0 fully saturated rings. The second-order valence-corrected chi connectivity index (χ2v) is 6.95. The molecule has 0 aromatic rings. The van der Waals surface area contributed by atoms with Gasteiger partial charge in [-0.05, 0) is 18.8 Å². The van der Waals surface area contributed by atoms with Gasteiger partial charge in [-0.1, -0.05) is 97.8 Å². The fourth-order valence-electron chi connectivity index (χ4n) is 2.77. The molecule has 1 nitrogen and oxygen atoms in total. The Kier molecular flexibility index (Phi) is 15.3. The van der Waals surface area contributed by atoms with E-state index in [4.69, 9.17) is 0 Å². The molecule has 122 valence electrons. The first-order valence-electron chi connectivity index (χ1n) is 9.34. The average molecular weight is 285 g/mol. The van der Waals surface area contributed by atoms with Crippen LogP contribution in [0.5, 0.6) is 0 Å². The van der Waals surface area contributed by atoms with Gasteiger partial charge < -0.3 is 5.11 Å². The van der Waals surface area contributed by atoms with Crippen LogP contribution in [-0.2, 0) is 0 Å². The number of aliphatic hydroxyl groups is 1. The molecular formula is C19H40O. The van der Waals surface area contributed by atoms with E-state index in [1.165, 1.54) is 77.0 Å². The first-order valence-corrected chi connectivity index (χ1v) is 9.34. The number of aliphatic hydroxyl groups excluding tert-OH is 1. The van der Waals surface area contributed by atoms with Gasteiger partial charge in [0.25, 0.3) is 0 Å². The highest BCUT2D eigenvalue weighted by molar-refractivity contribution is 4.57. The van der Waals surface area contributed by atoms with Crippen LogP contribution in [0.1, 0.15) is 111 Å². The molecule has 1 unspecified atom stereocenters. The third kappa shape index (κ3) is 16.0. The van der Waals surface area contributed by atoms with Crippen LogP contribution in [0.3, 0.4) is 0 Å². The Labute approximate surface area is 128 Å². The third-order valence-electron chi connectivity index (χ3n) is 4.21. The lowest BCUT2D eigenvalue weighted by atomic mass is 10.0. The molecule has 0 amide bonds. The number of unbranched alkanes of at least 4 members (excludes halogenated alkanes) is 9. The molecule has 1 heteroatoms. The van der Waals surface area contributed by atoms with Crippen molar-refractivity contribution < 1.29 is 5.11 Å². The van der Waals surface area contributed by atoms with Crippen LogP contribution in [-0.4, -0.2) is 11.2 Å². The number of rotatable bonds is 15. The van der Waals surface area contributed by atoms with Crippen molar-refractivity contribution >= 4 is 0 Å². The Morgan fingerprint density at radius 1 is 0.600 bits per heavy atom. The number of hydrogen-bond donors (Lipinski definition) is 1. The van der Waals surface area contributed by atoms with E-state index >= 15 is 0 Å². The zero-order chi connectivity index (χ0) is 15.1. The van der Waals surface area contributed by atoms with Crippen LogP contribution in [0.4, 0.5) is 0 Å². The minimum Gasteiger partial charge on any atom is -0.393 e. The first kappa shape index (κ1) is 20.0. The predicted octanol–water partition coefficient (Wildman–Crippen LogP) is 6.48.